The van der Waals surface area contributed by atoms with E-state index in [1.165, 1.54) is 45.2 Å². The number of nitrogens with one attached hydrogen (secondary N) is 1. The van der Waals surface area contributed by atoms with E-state index in [9.17, 15) is 27.5 Å². The van der Waals surface area contributed by atoms with Crippen LogP contribution in [0.15, 0.2) is 42.5 Å². The molecule has 0 bridgehead atoms. The highest BCUT2D eigenvalue weighted by molar-refractivity contribution is 6.00. The molecule has 0 saturated carbocycles. The maximum Gasteiger partial charge on any atom is 0.426 e. The Hall–Kier alpha value is -2.81. The van der Waals surface area contributed by atoms with E-state index in [0.29, 0.717) is 0 Å². The molecule has 0 aromatic heterocycles. The molecule has 0 spiro atoms. The van der Waals surface area contributed by atoms with Gasteiger partial charge in [-0.15, -0.1) is 0 Å². The number of amides is 1. The second-order valence-corrected chi connectivity index (χ2v) is 7.30. The molecule has 2 rings (SSSR count). The highest BCUT2D eigenvalue weighted by Crippen LogP contribution is 2.44. The van der Waals surface area contributed by atoms with Gasteiger partial charge in [-0.25, -0.2) is 4.39 Å². The van der Waals surface area contributed by atoms with Crippen LogP contribution in [0.25, 0.3) is 0 Å². The number of carbonyl (C=O) groups is 1. The number of carbonyl (C=O) groups excluding carboxylic acids is 1. The number of aliphatic hydroxyl groups is 1. The lowest BCUT2D eigenvalue weighted by atomic mass is 9.74. The van der Waals surface area contributed by atoms with Gasteiger partial charge < -0.3 is 20.9 Å². The SMILES string of the molecule is COc1ccc(F)cc1C(C)(C)CC(O)(C(=O)Nc1ccccc1N)C(F)(F)F. The molecule has 4 N–H and O–H groups in total. The van der Waals surface area contributed by atoms with Gasteiger partial charge in [-0.2, -0.15) is 13.2 Å². The van der Waals surface area contributed by atoms with Crippen molar-refractivity contribution < 1.29 is 32.2 Å². The van der Waals surface area contributed by atoms with E-state index in [-0.39, 0.29) is 22.7 Å². The van der Waals surface area contributed by atoms with Gasteiger partial charge in [-0.3, -0.25) is 4.79 Å². The topological polar surface area (TPSA) is 84.6 Å². The first kappa shape index (κ1) is 22.5. The third kappa shape index (κ3) is 4.61. The van der Waals surface area contributed by atoms with Gasteiger partial charge in [0.1, 0.15) is 11.6 Å². The van der Waals surface area contributed by atoms with Crippen LogP contribution in [0.5, 0.6) is 5.75 Å². The van der Waals surface area contributed by atoms with Crippen LogP contribution in [-0.4, -0.2) is 29.9 Å². The van der Waals surface area contributed by atoms with E-state index in [2.05, 4.69) is 0 Å². The molecule has 158 valence electrons. The van der Waals surface area contributed by atoms with Crippen LogP contribution in [0.3, 0.4) is 0 Å². The summed E-state index contributed by atoms with van der Waals surface area (Å²) in [6, 6.07) is 9.10. The van der Waals surface area contributed by atoms with Crippen molar-refractivity contribution >= 4 is 17.3 Å². The lowest BCUT2D eigenvalue weighted by Crippen LogP contribution is -2.57. The van der Waals surface area contributed by atoms with E-state index in [4.69, 9.17) is 10.5 Å². The van der Waals surface area contributed by atoms with Crippen molar-refractivity contribution in [2.24, 2.45) is 0 Å². The van der Waals surface area contributed by atoms with Gasteiger partial charge in [0.05, 0.1) is 18.5 Å². The Bertz CT molecular complexity index is 900. The lowest BCUT2D eigenvalue weighted by Gasteiger charge is -2.37. The number of methoxy groups -OCH3 is 1. The van der Waals surface area contributed by atoms with Crippen molar-refractivity contribution in [2.75, 3.05) is 18.2 Å². The van der Waals surface area contributed by atoms with Crippen molar-refractivity contribution in [1.29, 1.82) is 0 Å². The largest absolute Gasteiger partial charge is 0.496 e. The first-order valence-corrected chi connectivity index (χ1v) is 8.61. The van der Waals surface area contributed by atoms with Gasteiger partial charge in [0.15, 0.2) is 0 Å². The first-order chi connectivity index (χ1) is 13.3. The zero-order valence-electron chi connectivity index (χ0n) is 16.1. The van der Waals surface area contributed by atoms with E-state index >= 15 is 0 Å². The van der Waals surface area contributed by atoms with E-state index in [1.54, 1.807) is 6.07 Å². The molecule has 0 aliphatic carbocycles. The molecule has 9 heteroatoms. The number of hydrogen-bond acceptors (Lipinski definition) is 4. The van der Waals surface area contributed by atoms with Crippen molar-refractivity contribution in [3.05, 3.63) is 53.8 Å². The number of anilines is 2. The van der Waals surface area contributed by atoms with Crippen LogP contribution in [-0.2, 0) is 10.2 Å². The Morgan fingerprint density at radius 3 is 2.34 bits per heavy atom. The third-order valence-corrected chi connectivity index (χ3v) is 4.64. The average Bonchev–Trinajstić information content (AvgIpc) is 2.62. The monoisotopic (exact) mass is 414 g/mol. The second kappa shape index (κ2) is 7.90. The summed E-state index contributed by atoms with van der Waals surface area (Å²) in [7, 11) is 1.29. The molecule has 1 unspecified atom stereocenters. The first-order valence-electron chi connectivity index (χ1n) is 8.61. The molecule has 5 nitrogen and oxygen atoms in total. The number of benzene rings is 2. The number of hydrogen-bond donors (Lipinski definition) is 3. The molecule has 0 aliphatic rings. The minimum atomic E-state index is -5.31. The highest BCUT2D eigenvalue weighted by atomic mass is 19.4. The number of nitrogen functional groups attached to an aromatic ring is 1. The van der Waals surface area contributed by atoms with Crippen LogP contribution in [0.1, 0.15) is 25.8 Å². The van der Waals surface area contributed by atoms with Crippen molar-refractivity contribution in [3.8, 4) is 5.75 Å². The summed E-state index contributed by atoms with van der Waals surface area (Å²) in [6.45, 7) is 2.70. The molecule has 0 aliphatic heterocycles. The Kier molecular flexibility index (Phi) is 6.13. The third-order valence-electron chi connectivity index (χ3n) is 4.64. The number of halogens is 4. The fourth-order valence-corrected chi connectivity index (χ4v) is 3.09. The average molecular weight is 414 g/mol. The number of para-hydroxylation sites is 2. The smallest absolute Gasteiger partial charge is 0.426 e. The molecule has 0 fully saturated rings. The fourth-order valence-electron chi connectivity index (χ4n) is 3.09. The number of rotatable bonds is 6. The van der Waals surface area contributed by atoms with Crippen LogP contribution in [0.4, 0.5) is 28.9 Å². The molecular weight excluding hydrogens is 392 g/mol. The summed E-state index contributed by atoms with van der Waals surface area (Å²) in [4.78, 5) is 12.5. The molecule has 0 heterocycles. The van der Waals surface area contributed by atoms with Crippen LogP contribution >= 0.6 is 0 Å². The quantitative estimate of drug-likeness (QED) is 0.493. The Labute approximate surface area is 165 Å². The van der Waals surface area contributed by atoms with Gasteiger partial charge in [-0.1, -0.05) is 26.0 Å². The molecule has 0 saturated heterocycles. The lowest BCUT2D eigenvalue weighted by molar-refractivity contribution is -0.254. The van der Waals surface area contributed by atoms with Crippen LogP contribution < -0.4 is 15.8 Å². The summed E-state index contributed by atoms with van der Waals surface area (Å²) in [5, 5.41) is 12.5. The molecule has 2 aromatic rings. The summed E-state index contributed by atoms with van der Waals surface area (Å²) in [5.41, 5.74) is 0.450. The normalized spacial score (nSPS) is 14.2. The summed E-state index contributed by atoms with van der Waals surface area (Å²) in [5.74, 6) is -2.24. The van der Waals surface area contributed by atoms with Gasteiger partial charge in [0, 0.05) is 12.0 Å². The standard InChI is InChI=1S/C20H22F4N2O3/c1-18(2,13-10-12(21)8-9-16(13)29-3)11-19(28,20(22,23)24)17(27)26-15-7-5-4-6-14(15)25/h4-10,28H,11,25H2,1-3H3,(H,26,27). The minimum Gasteiger partial charge on any atom is -0.496 e. The van der Waals surface area contributed by atoms with Gasteiger partial charge >= 0.3 is 6.18 Å². The van der Waals surface area contributed by atoms with E-state index in [1.807, 2.05) is 5.32 Å². The zero-order valence-corrected chi connectivity index (χ0v) is 16.1. The van der Waals surface area contributed by atoms with Crippen LogP contribution in [0.2, 0.25) is 0 Å². The summed E-state index contributed by atoms with van der Waals surface area (Å²) in [6.07, 6.45) is -6.39. The number of nitrogens with two attached hydrogens (primary N) is 1. The molecule has 2 aromatic carbocycles. The highest BCUT2D eigenvalue weighted by Gasteiger charge is 2.61. The fraction of sp³-hybridized carbons (Fsp3) is 0.350. The summed E-state index contributed by atoms with van der Waals surface area (Å²) >= 11 is 0. The predicted molar refractivity (Wildman–Crippen MR) is 101 cm³/mol. The molecule has 1 amide bonds. The van der Waals surface area contributed by atoms with Crippen molar-refractivity contribution in [2.45, 2.75) is 37.5 Å². The maximum atomic E-state index is 13.8. The Morgan fingerprint density at radius 2 is 1.79 bits per heavy atom. The minimum absolute atomic E-state index is 0.0384. The Morgan fingerprint density at radius 1 is 1.17 bits per heavy atom. The molecule has 29 heavy (non-hydrogen) atoms. The van der Waals surface area contributed by atoms with Gasteiger partial charge in [0.2, 0.25) is 5.60 Å². The predicted octanol–water partition coefficient (Wildman–Crippen LogP) is 4.02. The number of ether oxygens (including phenoxy) is 1. The van der Waals surface area contributed by atoms with Crippen LogP contribution in [0, 0.1) is 5.82 Å². The van der Waals surface area contributed by atoms with Crippen molar-refractivity contribution in [3.63, 3.8) is 0 Å². The maximum absolute atomic E-state index is 13.8. The zero-order chi connectivity index (χ0) is 22.0. The van der Waals surface area contributed by atoms with E-state index in [0.717, 1.165) is 12.1 Å². The molecular formula is C20H22F4N2O3. The second-order valence-electron chi connectivity index (χ2n) is 7.30. The number of alkyl halides is 3. The van der Waals surface area contributed by atoms with E-state index < -0.39 is 35.3 Å². The molecule has 0 radical (unpaired) electrons. The summed E-state index contributed by atoms with van der Waals surface area (Å²) < 4.78 is 60.3. The van der Waals surface area contributed by atoms with Gasteiger partial charge in [-0.05, 0) is 35.7 Å². The van der Waals surface area contributed by atoms with Gasteiger partial charge in [0.25, 0.3) is 5.91 Å². The Balaban J connectivity index is 2.46. The van der Waals surface area contributed by atoms with Crippen molar-refractivity contribution in [1.82, 2.24) is 0 Å². The molecule has 1 atom stereocenters.